The third-order valence-electron chi connectivity index (χ3n) is 4.09. The summed E-state index contributed by atoms with van der Waals surface area (Å²) in [5, 5.41) is 9.91. The second-order valence-electron chi connectivity index (χ2n) is 7.46. The standard InChI is InChI=1S/C21H32N4O2S/c1-7-22-20(24-13-16-14-28-19(25-16)21(2,3)4)23-11-10-15-8-9-17(26-5)18(12-15)27-6/h8-9,12,14H,7,10-11,13H2,1-6H3,(H2,22,23,24). The van der Waals surface area contributed by atoms with Gasteiger partial charge in [-0.15, -0.1) is 11.3 Å². The van der Waals surface area contributed by atoms with E-state index in [1.165, 1.54) is 5.56 Å². The zero-order valence-corrected chi connectivity index (χ0v) is 18.6. The predicted molar refractivity (Wildman–Crippen MR) is 117 cm³/mol. The van der Waals surface area contributed by atoms with Gasteiger partial charge >= 0.3 is 0 Å². The highest BCUT2D eigenvalue weighted by Gasteiger charge is 2.17. The van der Waals surface area contributed by atoms with E-state index < -0.39 is 0 Å². The van der Waals surface area contributed by atoms with Gasteiger partial charge in [-0.2, -0.15) is 0 Å². The van der Waals surface area contributed by atoms with E-state index >= 15 is 0 Å². The fourth-order valence-electron chi connectivity index (χ4n) is 2.59. The Kier molecular flexibility index (Phi) is 8.11. The molecule has 2 rings (SSSR count). The van der Waals surface area contributed by atoms with Crippen LogP contribution >= 0.6 is 11.3 Å². The van der Waals surface area contributed by atoms with Gasteiger partial charge in [0.1, 0.15) is 0 Å². The molecule has 0 aliphatic rings. The van der Waals surface area contributed by atoms with E-state index in [0.717, 1.165) is 47.7 Å². The van der Waals surface area contributed by atoms with Crippen molar-refractivity contribution in [2.45, 2.75) is 46.1 Å². The highest BCUT2D eigenvalue weighted by molar-refractivity contribution is 7.09. The summed E-state index contributed by atoms with van der Waals surface area (Å²) >= 11 is 1.70. The van der Waals surface area contributed by atoms with Crippen LogP contribution in [0.2, 0.25) is 0 Å². The number of thiazole rings is 1. The van der Waals surface area contributed by atoms with E-state index in [9.17, 15) is 0 Å². The molecule has 0 bridgehead atoms. The molecule has 1 aromatic carbocycles. The van der Waals surface area contributed by atoms with Crippen molar-refractivity contribution in [1.29, 1.82) is 0 Å². The number of aromatic nitrogens is 1. The van der Waals surface area contributed by atoms with Gasteiger partial charge < -0.3 is 20.1 Å². The first-order valence-electron chi connectivity index (χ1n) is 9.55. The molecule has 0 unspecified atom stereocenters. The molecule has 154 valence electrons. The van der Waals surface area contributed by atoms with Crippen molar-refractivity contribution in [3.63, 3.8) is 0 Å². The summed E-state index contributed by atoms with van der Waals surface area (Å²) in [6, 6.07) is 5.99. The highest BCUT2D eigenvalue weighted by atomic mass is 32.1. The summed E-state index contributed by atoms with van der Waals surface area (Å²) in [6.07, 6.45) is 0.857. The molecule has 1 heterocycles. The molecule has 6 nitrogen and oxygen atoms in total. The monoisotopic (exact) mass is 404 g/mol. The van der Waals surface area contributed by atoms with E-state index in [-0.39, 0.29) is 5.41 Å². The third kappa shape index (κ3) is 6.41. The van der Waals surface area contributed by atoms with E-state index in [1.807, 2.05) is 12.1 Å². The first-order chi connectivity index (χ1) is 13.4. The first-order valence-corrected chi connectivity index (χ1v) is 10.4. The summed E-state index contributed by atoms with van der Waals surface area (Å²) in [4.78, 5) is 9.37. The smallest absolute Gasteiger partial charge is 0.191 e. The second-order valence-corrected chi connectivity index (χ2v) is 8.31. The summed E-state index contributed by atoms with van der Waals surface area (Å²) < 4.78 is 10.7. The van der Waals surface area contributed by atoms with E-state index in [2.05, 4.69) is 54.8 Å². The number of hydrogen-bond acceptors (Lipinski definition) is 5. The van der Waals surface area contributed by atoms with Gasteiger partial charge in [-0.25, -0.2) is 9.98 Å². The Balaban J connectivity index is 1.93. The van der Waals surface area contributed by atoms with Crippen molar-refractivity contribution in [3.8, 4) is 11.5 Å². The van der Waals surface area contributed by atoms with E-state index in [1.54, 1.807) is 25.6 Å². The zero-order valence-electron chi connectivity index (χ0n) is 17.8. The van der Waals surface area contributed by atoms with E-state index in [0.29, 0.717) is 6.54 Å². The third-order valence-corrected chi connectivity index (χ3v) is 5.41. The van der Waals surface area contributed by atoms with Crippen LogP contribution in [0.3, 0.4) is 0 Å². The minimum Gasteiger partial charge on any atom is -0.493 e. The molecule has 0 fully saturated rings. The van der Waals surface area contributed by atoms with Crippen molar-refractivity contribution < 1.29 is 9.47 Å². The van der Waals surface area contributed by atoms with Crippen molar-refractivity contribution in [2.24, 2.45) is 4.99 Å². The Bertz CT molecular complexity index is 781. The topological polar surface area (TPSA) is 67.8 Å². The molecule has 2 N–H and O–H groups in total. The predicted octanol–water partition coefficient (Wildman–Crippen LogP) is 3.76. The Morgan fingerprint density at radius 2 is 1.89 bits per heavy atom. The molecule has 2 aromatic rings. The SMILES string of the molecule is CCNC(=NCc1csc(C(C)(C)C)n1)NCCc1ccc(OC)c(OC)c1. The fraction of sp³-hybridized carbons (Fsp3) is 0.524. The van der Waals surface area contributed by atoms with Crippen molar-refractivity contribution in [3.05, 3.63) is 39.8 Å². The molecule has 28 heavy (non-hydrogen) atoms. The summed E-state index contributed by atoms with van der Waals surface area (Å²) in [5.41, 5.74) is 2.26. The molecule has 0 spiro atoms. The zero-order chi connectivity index (χ0) is 20.6. The number of ether oxygens (including phenoxy) is 2. The lowest BCUT2D eigenvalue weighted by atomic mass is 9.98. The van der Waals surface area contributed by atoms with Gasteiger partial charge in [0.25, 0.3) is 0 Å². The summed E-state index contributed by atoms with van der Waals surface area (Å²) in [5.74, 6) is 2.29. The Morgan fingerprint density at radius 1 is 1.14 bits per heavy atom. The molecule has 0 aliphatic heterocycles. The van der Waals surface area contributed by atoms with Crippen LogP contribution in [0.25, 0.3) is 0 Å². The number of rotatable bonds is 8. The Labute approximate surface area is 172 Å². The van der Waals surface area contributed by atoms with Gasteiger partial charge in [-0.05, 0) is 31.0 Å². The van der Waals surface area contributed by atoms with Crippen LogP contribution in [0.5, 0.6) is 11.5 Å². The molecule has 1 aromatic heterocycles. The van der Waals surface area contributed by atoms with Gasteiger partial charge in [0, 0.05) is 23.9 Å². The van der Waals surface area contributed by atoms with Gasteiger partial charge in [-0.3, -0.25) is 0 Å². The molecule has 0 radical (unpaired) electrons. The molecule has 0 saturated carbocycles. The van der Waals surface area contributed by atoms with Gasteiger partial charge in [-0.1, -0.05) is 26.8 Å². The molecule has 0 aliphatic carbocycles. The van der Waals surface area contributed by atoms with Crippen molar-refractivity contribution in [1.82, 2.24) is 15.6 Å². The normalized spacial score (nSPS) is 12.0. The number of aliphatic imine (C=N–C) groups is 1. The molecule has 0 amide bonds. The number of nitrogens with one attached hydrogen (secondary N) is 2. The lowest BCUT2D eigenvalue weighted by Gasteiger charge is -2.13. The van der Waals surface area contributed by atoms with Gasteiger partial charge in [0.05, 0.1) is 31.5 Å². The Hall–Kier alpha value is -2.28. The number of hydrogen-bond donors (Lipinski definition) is 2. The molecular formula is C21H32N4O2S. The Morgan fingerprint density at radius 3 is 2.50 bits per heavy atom. The van der Waals surface area contributed by atoms with E-state index in [4.69, 9.17) is 14.5 Å². The largest absolute Gasteiger partial charge is 0.493 e. The molecular weight excluding hydrogens is 372 g/mol. The number of methoxy groups -OCH3 is 2. The summed E-state index contributed by atoms with van der Waals surface area (Å²) in [6.45, 7) is 10.7. The van der Waals surface area contributed by atoms with Crippen molar-refractivity contribution >= 4 is 17.3 Å². The quantitative estimate of drug-likeness (QED) is 0.518. The van der Waals surface area contributed by atoms with Crippen LogP contribution in [-0.4, -0.2) is 38.3 Å². The second kappa shape index (κ2) is 10.3. The lowest BCUT2D eigenvalue weighted by molar-refractivity contribution is 0.354. The van der Waals surface area contributed by atoms with Crippen LogP contribution in [0.1, 0.15) is 44.0 Å². The number of nitrogens with zero attached hydrogens (tertiary/aromatic N) is 2. The highest BCUT2D eigenvalue weighted by Crippen LogP contribution is 2.27. The maximum absolute atomic E-state index is 5.37. The minimum absolute atomic E-state index is 0.0782. The number of benzene rings is 1. The number of guanidine groups is 1. The van der Waals surface area contributed by atoms with Crippen LogP contribution < -0.4 is 20.1 Å². The first kappa shape index (κ1) is 22.0. The average Bonchev–Trinajstić information content (AvgIpc) is 3.15. The average molecular weight is 405 g/mol. The lowest BCUT2D eigenvalue weighted by Crippen LogP contribution is -2.38. The van der Waals surface area contributed by atoms with Gasteiger partial charge in [0.15, 0.2) is 17.5 Å². The fourth-order valence-corrected chi connectivity index (χ4v) is 3.49. The molecule has 7 heteroatoms. The van der Waals surface area contributed by atoms with Crippen molar-refractivity contribution in [2.75, 3.05) is 27.3 Å². The summed E-state index contributed by atoms with van der Waals surface area (Å²) in [7, 11) is 3.30. The minimum atomic E-state index is 0.0782. The van der Waals surface area contributed by atoms with Gasteiger partial charge in [0.2, 0.25) is 0 Å². The molecule has 0 atom stereocenters. The van der Waals surface area contributed by atoms with Crippen LogP contribution in [0, 0.1) is 0 Å². The maximum Gasteiger partial charge on any atom is 0.191 e. The van der Waals surface area contributed by atoms with Crippen LogP contribution in [-0.2, 0) is 18.4 Å². The molecule has 0 saturated heterocycles. The van der Waals surface area contributed by atoms with Crippen LogP contribution in [0.4, 0.5) is 0 Å². The van der Waals surface area contributed by atoms with Crippen LogP contribution in [0.15, 0.2) is 28.6 Å². The maximum atomic E-state index is 5.37.